The number of imidazole rings is 1. The van der Waals surface area contributed by atoms with E-state index in [-0.39, 0.29) is 23.2 Å². The number of thioether (sulfide) groups is 1. The summed E-state index contributed by atoms with van der Waals surface area (Å²) < 4.78 is 25.3. The van der Waals surface area contributed by atoms with Gasteiger partial charge in [-0.3, -0.25) is 9.36 Å². The second-order valence-corrected chi connectivity index (χ2v) is 10.7. The van der Waals surface area contributed by atoms with Crippen molar-refractivity contribution >= 4 is 27.5 Å². The molecule has 1 amide bonds. The second kappa shape index (κ2) is 7.67. The van der Waals surface area contributed by atoms with Crippen LogP contribution in [0.25, 0.3) is 5.69 Å². The molecule has 1 fully saturated rings. The normalized spacial score (nSPS) is 21.5. The van der Waals surface area contributed by atoms with Gasteiger partial charge in [-0.1, -0.05) is 37.7 Å². The summed E-state index contributed by atoms with van der Waals surface area (Å²) >= 11 is 1.34. The first-order chi connectivity index (χ1) is 12.7. The number of amides is 1. The molecule has 6 nitrogen and oxygen atoms in total. The van der Waals surface area contributed by atoms with Crippen LogP contribution in [0.1, 0.15) is 38.7 Å². The first-order valence-corrected chi connectivity index (χ1v) is 11.8. The molecule has 1 aromatic heterocycles. The van der Waals surface area contributed by atoms with Crippen LogP contribution in [0.5, 0.6) is 0 Å². The van der Waals surface area contributed by atoms with Crippen LogP contribution >= 0.6 is 11.8 Å². The van der Waals surface area contributed by atoms with Crippen LogP contribution in [-0.4, -0.2) is 46.7 Å². The maximum absolute atomic E-state index is 12.3. The van der Waals surface area contributed by atoms with E-state index >= 15 is 0 Å². The average molecular weight is 408 g/mol. The van der Waals surface area contributed by atoms with Crippen LogP contribution in [0.2, 0.25) is 0 Å². The molecular formula is C19H25N3O3S2. The molecule has 0 unspecified atom stereocenters. The van der Waals surface area contributed by atoms with Gasteiger partial charge >= 0.3 is 0 Å². The van der Waals surface area contributed by atoms with E-state index in [1.165, 1.54) is 17.3 Å². The molecule has 27 heavy (non-hydrogen) atoms. The van der Waals surface area contributed by atoms with Crippen molar-refractivity contribution in [3.8, 4) is 5.69 Å². The molecule has 146 valence electrons. The molecule has 2 heterocycles. The Kier molecular flexibility index (Phi) is 5.67. The molecule has 0 spiro atoms. The van der Waals surface area contributed by atoms with Crippen molar-refractivity contribution in [3.63, 3.8) is 0 Å². The molecular weight excluding hydrogens is 382 g/mol. The van der Waals surface area contributed by atoms with Crippen LogP contribution in [0, 0.1) is 0 Å². The third kappa shape index (κ3) is 4.93. The molecule has 1 aromatic carbocycles. The topological polar surface area (TPSA) is 81.1 Å². The minimum Gasteiger partial charge on any atom is -0.349 e. The van der Waals surface area contributed by atoms with E-state index in [4.69, 9.17) is 0 Å². The molecule has 0 radical (unpaired) electrons. The maximum Gasteiger partial charge on any atom is 0.230 e. The summed E-state index contributed by atoms with van der Waals surface area (Å²) in [6.45, 7) is 6.10. The number of sulfone groups is 1. The Morgan fingerprint density at radius 2 is 2.04 bits per heavy atom. The zero-order valence-corrected chi connectivity index (χ0v) is 17.4. The first-order valence-electron chi connectivity index (χ1n) is 8.95. The Morgan fingerprint density at radius 3 is 2.63 bits per heavy atom. The van der Waals surface area contributed by atoms with Crippen molar-refractivity contribution in [1.29, 1.82) is 0 Å². The lowest BCUT2D eigenvalue weighted by atomic mass is 10.0. The lowest BCUT2D eigenvalue weighted by Gasteiger charge is -2.23. The summed E-state index contributed by atoms with van der Waals surface area (Å²) in [6.07, 6.45) is 4.04. The van der Waals surface area contributed by atoms with Gasteiger partial charge in [0.1, 0.15) is 0 Å². The number of hydrogen-bond donors (Lipinski definition) is 1. The number of hydrogen-bond acceptors (Lipinski definition) is 5. The van der Waals surface area contributed by atoms with Gasteiger partial charge in [0.2, 0.25) is 5.91 Å². The van der Waals surface area contributed by atoms with Gasteiger partial charge < -0.3 is 5.32 Å². The predicted molar refractivity (Wildman–Crippen MR) is 108 cm³/mol. The van der Waals surface area contributed by atoms with Gasteiger partial charge in [0.15, 0.2) is 15.0 Å². The van der Waals surface area contributed by atoms with Crippen molar-refractivity contribution in [3.05, 3.63) is 42.2 Å². The van der Waals surface area contributed by atoms with Crippen LogP contribution < -0.4 is 5.32 Å². The molecule has 8 heteroatoms. The fourth-order valence-electron chi connectivity index (χ4n) is 3.22. The minimum absolute atomic E-state index is 0.00718. The minimum atomic E-state index is -3.05. The highest BCUT2D eigenvalue weighted by Gasteiger charge is 2.39. The number of nitrogens with one attached hydrogen (secondary N) is 1. The highest BCUT2D eigenvalue weighted by Crippen LogP contribution is 2.25. The van der Waals surface area contributed by atoms with Crippen molar-refractivity contribution < 1.29 is 13.2 Å². The summed E-state index contributed by atoms with van der Waals surface area (Å²) in [6, 6.07) is 8.29. The fraction of sp³-hybridized carbons (Fsp3) is 0.474. The molecule has 0 bridgehead atoms. The monoisotopic (exact) mass is 407 g/mol. The van der Waals surface area contributed by atoms with Gasteiger partial charge in [0, 0.05) is 18.1 Å². The van der Waals surface area contributed by atoms with Crippen molar-refractivity contribution in [2.75, 3.05) is 17.3 Å². The molecule has 0 aliphatic carbocycles. The van der Waals surface area contributed by atoms with E-state index in [0.717, 1.165) is 10.8 Å². The van der Waals surface area contributed by atoms with Gasteiger partial charge in [0.25, 0.3) is 0 Å². The molecule has 3 rings (SSSR count). The lowest BCUT2D eigenvalue weighted by Crippen LogP contribution is -2.47. The Morgan fingerprint density at radius 1 is 1.33 bits per heavy atom. The summed E-state index contributed by atoms with van der Waals surface area (Å²) in [5.74, 6) is 0.627. The third-order valence-corrected chi connectivity index (χ3v) is 7.59. The molecule has 2 aromatic rings. The van der Waals surface area contributed by atoms with E-state index in [1.54, 1.807) is 13.1 Å². The first kappa shape index (κ1) is 19.9. The summed E-state index contributed by atoms with van der Waals surface area (Å²) in [7, 11) is -3.05. The summed E-state index contributed by atoms with van der Waals surface area (Å²) in [5.41, 5.74) is 1.60. The van der Waals surface area contributed by atoms with E-state index in [2.05, 4.69) is 36.3 Å². The number of aromatic nitrogens is 2. The Labute approximate surface area is 164 Å². The Bertz CT molecular complexity index is 920. The van der Waals surface area contributed by atoms with Gasteiger partial charge in [0.05, 0.1) is 22.8 Å². The van der Waals surface area contributed by atoms with E-state index in [9.17, 15) is 13.2 Å². The quantitative estimate of drug-likeness (QED) is 0.745. The lowest BCUT2D eigenvalue weighted by molar-refractivity contribution is -0.120. The molecule has 1 aliphatic heterocycles. The molecule has 1 N–H and O–H groups in total. The highest BCUT2D eigenvalue weighted by atomic mass is 32.2. The smallest absolute Gasteiger partial charge is 0.230 e. The van der Waals surface area contributed by atoms with Gasteiger partial charge in [-0.25, -0.2) is 13.4 Å². The standard InChI is InChI=1S/C19H25N3O3S2/c1-14(2)15-4-6-16(7-5-15)22-10-9-20-18(22)26-12-17(23)21-19(3)8-11-27(24,25)13-19/h4-7,9-10,14H,8,11-13H2,1-3H3,(H,21,23)/t19-/m0/s1. The maximum atomic E-state index is 12.3. The number of rotatable bonds is 6. The van der Waals surface area contributed by atoms with Crippen LogP contribution in [0.3, 0.4) is 0 Å². The largest absolute Gasteiger partial charge is 0.349 e. The zero-order chi connectivity index (χ0) is 19.7. The highest BCUT2D eigenvalue weighted by molar-refractivity contribution is 7.99. The van der Waals surface area contributed by atoms with Crippen molar-refractivity contribution in [2.45, 2.75) is 43.8 Å². The number of nitrogens with zero attached hydrogens (tertiary/aromatic N) is 2. The Hall–Kier alpha value is -1.80. The van der Waals surface area contributed by atoms with Crippen LogP contribution in [0.15, 0.2) is 41.8 Å². The van der Waals surface area contributed by atoms with E-state index < -0.39 is 15.4 Å². The van der Waals surface area contributed by atoms with Crippen molar-refractivity contribution in [2.24, 2.45) is 0 Å². The average Bonchev–Trinajstić information content (AvgIpc) is 3.16. The summed E-state index contributed by atoms with van der Waals surface area (Å²) in [5, 5.41) is 3.60. The zero-order valence-electron chi connectivity index (χ0n) is 15.8. The SMILES string of the molecule is CC(C)c1ccc(-n2ccnc2SCC(=O)N[C@@]2(C)CCS(=O)(=O)C2)cc1. The van der Waals surface area contributed by atoms with E-state index in [1.807, 2.05) is 22.9 Å². The van der Waals surface area contributed by atoms with Crippen LogP contribution in [-0.2, 0) is 14.6 Å². The molecule has 1 aliphatic rings. The number of carbonyl (C=O) groups excluding carboxylic acids is 1. The number of carbonyl (C=O) groups is 1. The molecule has 1 saturated heterocycles. The molecule has 0 saturated carbocycles. The second-order valence-electron chi connectivity index (χ2n) is 7.57. The molecule has 1 atom stereocenters. The third-order valence-electron chi connectivity index (χ3n) is 4.72. The van der Waals surface area contributed by atoms with Gasteiger partial charge in [-0.05, 0) is 37.0 Å². The van der Waals surface area contributed by atoms with Gasteiger partial charge in [-0.2, -0.15) is 0 Å². The van der Waals surface area contributed by atoms with Crippen molar-refractivity contribution in [1.82, 2.24) is 14.9 Å². The van der Waals surface area contributed by atoms with Crippen LogP contribution in [0.4, 0.5) is 0 Å². The number of benzene rings is 1. The van der Waals surface area contributed by atoms with Gasteiger partial charge in [-0.15, -0.1) is 0 Å². The Balaban J connectivity index is 1.62. The van der Waals surface area contributed by atoms with E-state index in [0.29, 0.717) is 12.3 Å². The predicted octanol–water partition coefficient (Wildman–Crippen LogP) is 2.78. The summed E-state index contributed by atoms with van der Waals surface area (Å²) in [4.78, 5) is 16.7. The fourth-order valence-corrected chi connectivity index (χ4v) is 6.09.